The third kappa shape index (κ3) is 3.00. The van der Waals surface area contributed by atoms with Crippen molar-refractivity contribution in [3.63, 3.8) is 0 Å². The van der Waals surface area contributed by atoms with Gasteiger partial charge in [-0.15, -0.1) is 0 Å². The average Bonchev–Trinajstić information content (AvgIpc) is 2.17. The first-order chi connectivity index (χ1) is 6.97. The van der Waals surface area contributed by atoms with E-state index < -0.39 is 21.8 Å². The van der Waals surface area contributed by atoms with Gasteiger partial charge in [0.25, 0.3) is 0 Å². The average molecular weight is 232 g/mol. The highest BCUT2D eigenvalue weighted by Crippen LogP contribution is 2.16. The molecule has 0 aliphatic heterocycles. The van der Waals surface area contributed by atoms with E-state index in [9.17, 15) is 12.8 Å². The Morgan fingerprint density at radius 3 is 2.53 bits per heavy atom. The minimum absolute atomic E-state index is 0.218. The first kappa shape index (κ1) is 12.1. The van der Waals surface area contributed by atoms with Crippen LogP contribution in [0, 0.1) is 5.82 Å². The number of benzene rings is 1. The molecule has 0 spiro atoms. The van der Waals surface area contributed by atoms with E-state index in [4.69, 9.17) is 4.74 Å². The summed E-state index contributed by atoms with van der Waals surface area (Å²) in [7, 11) is -2.18. The third-order valence-electron chi connectivity index (χ3n) is 2.03. The summed E-state index contributed by atoms with van der Waals surface area (Å²) in [6.45, 7) is 1.62. The molecule has 0 N–H and O–H groups in total. The van der Waals surface area contributed by atoms with Crippen molar-refractivity contribution in [2.45, 2.75) is 17.9 Å². The first-order valence-corrected chi connectivity index (χ1v) is 6.12. The molecular formula is C10H13FO3S. The van der Waals surface area contributed by atoms with Gasteiger partial charge in [-0.3, -0.25) is 0 Å². The van der Waals surface area contributed by atoms with Crippen molar-refractivity contribution in [2.24, 2.45) is 0 Å². The highest BCUT2D eigenvalue weighted by Gasteiger charge is 2.21. The molecule has 3 nitrogen and oxygen atoms in total. The van der Waals surface area contributed by atoms with Crippen LogP contribution in [0.25, 0.3) is 0 Å². The summed E-state index contributed by atoms with van der Waals surface area (Å²) in [6.07, 6.45) is -0.449. The second kappa shape index (κ2) is 4.72. The molecule has 0 aliphatic carbocycles. The number of rotatable bonds is 4. The van der Waals surface area contributed by atoms with E-state index >= 15 is 0 Å². The van der Waals surface area contributed by atoms with Crippen molar-refractivity contribution in [3.05, 3.63) is 30.1 Å². The Labute approximate surface area is 88.8 Å². The van der Waals surface area contributed by atoms with Gasteiger partial charge in [0, 0.05) is 7.11 Å². The number of sulfone groups is 1. The summed E-state index contributed by atoms with van der Waals surface area (Å²) < 4.78 is 41.5. The lowest BCUT2D eigenvalue weighted by Gasteiger charge is -2.10. The van der Waals surface area contributed by atoms with Crippen molar-refractivity contribution < 1.29 is 17.5 Å². The van der Waals surface area contributed by atoms with Crippen molar-refractivity contribution in [2.75, 3.05) is 12.9 Å². The monoisotopic (exact) mass is 232 g/mol. The SMILES string of the molecule is COC(C)CS(=O)(=O)c1ccccc1F. The molecule has 0 amide bonds. The molecule has 1 rings (SSSR count). The summed E-state index contributed by atoms with van der Waals surface area (Å²) in [5, 5.41) is 0. The molecule has 0 heterocycles. The van der Waals surface area contributed by atoms with Gasteiger partial charge in [-0.1, -0.05) is 12.1 Å². The zero-order valence-electron chi connectivity index (χ0n) is 8.60. The zero-order chi connectivity index (χ0) is 11.5. The molecule has 0 aromatic heterocycles. The number of hydrogen-bond donors (Lipinski definition) is 0. The summed E-state index contributed by atoms with van der Waals surface area (Å²) in [5.41, 5.74) is 0. The lowest BCUT2D eigenvalue weighted by molar-refractivity contribution is 0.136. The Balaban J connectivity index is 3.02. The van der Waals surface area contributed by atoms with Crippen LogP contribution in [0.1, 0.15) is 6.92 Å². The Bertz CT molecular complexity index is 428. The molecule has 0 saturated heterocycles. The Hall–Kier alpha value is -0.940. The zero-order valence-corrected chi connectivity index (χ0v) is 9.42. The molecule has 15 heavy (non-hydrogen) atoms. The number of hydrogen-bond acceptors (Lipinski definition) is 3. The number of methoxy groups -OCH3 is 1. The molecule has 0 radical (unpaired) electrons. The maximum atomic E-state index is 13.2. The first-order valence-electron chi connectivity index (χ1n) is 4.47. The lowest BCUT2D eigenvalue weighted by atomic mass is 10.3. The highest BCUT2D eigenvalue weighted by atomic mass is 32.2. The summed E-state index contributed by atoms with van der Waals surface area (Å²) in [6, 6.07) is 5.33. The van der Waals surface area contributed by atoms with Gasteiger partial charge < -0.3 is 4.74 Å². The summed E-state index contributed by atoms with van der Waals surface area (Å²) in [4.78, 5) is -0.270. The summed E-state index contributed by atoms with van der Waals surface area (Å²) >= 11 is 0. The third-order valence-corrected chi connectivity index (χ3v) is 3.94. The van der Waals surface area contributed by atoms with Crippen LogP contribution in [0.5, 0.6) is 0 Å². The molecule has 0 aliphatic rings. The van der Waals surface area contributed by atoms with Crippen LogP contribution in [0.4, 0.5) is 4.39 Å². The molecule has 1 atom stereocenters. The number of ether oxygens (including phenoxy) is 1. The van der Waals surface area contributed by atoms with E-state index in [1.54, 1.807) is 6.92 Å². The fourth-order valence-corrected chi connectivity index (χ4v) is 2.75. The summed E-state index contributed by atoms with van der Waals surface area (Å²) in [5.74, 6) is -0.939. The van der Waals surface area contributed by atoms with Crippen LogP contribution in [-0.4, -0.2) is 27.4 Å². The van der Waals surface area contributed by atoms with E-state index in [1.165, 1.54) is 25.3 Å². The van der Waals surface area contributed by atoms with E-state index in [0.29, 0.717) is 0 Å². The van der Waals surface area contributed by atoms with Gasteiger partial charge in [0.15, 0.2) is 9.84 Å². The standard InChI is InChI=1S/C10H13FO3S/c1-8(14-2)7-15(12,13)10-6-4-3-5-9(10)11/h3-6,8H,7H2,1-2H3. The van der Waals surface area contributed by atoms with Crippen LogP contribution in [0.15, 0.2) is 29.2 Å². The molecular weight excluding hydrogens is 219 g/mol. The Kier molecular flexibility index (Phi) is 3.82. The maximum absolute atomic E-state index is 13.2. The van der Waals surface area contributed by atoms with E-state index in [1.807, 2.05) is 0 Å². The van der Waals surface area contributed by atoms with Crippen molar-refractivity contribution in [1.29, 1.82) is 0 Å². The predicted octanol–water partition coefficient (Wildman–Crippen LogP) is 1.63. The topological polar surface area (TPSA) is 43.4 Å². The van der Waals surface area contributed by atoms with Crippen LogP contribution in [-0.2, 0) is 14.6 Å². The molecule has 0 bridgehead atoms. The van der Waals surface area contributed by atoms with Crippen LogP contribution in [0.2, 0.25) is 0 Å². The van der Waals surface area contributed by atoms with Crippen LogP contribution in [0.3, 0.4) is 0 Å². The Morgan fingerprint density at radius 2 is 2.00 bits per heavy atom. The van der Waals surface area contributed by atoms with Crippen LogP contribution < -0.4 is 0 Å². The molecule has 84 valence electrons. The Morgan fingerprint density at radius 1 is 1.40 bits per heavy atom. The predicted molar refractivity (Wildman–Crippen MR) is 54.9 cm³/mol. The van der Waals surface area contributed by atoms with Crippen molar-refractivity contribution in [1.82, 2.24) is 0 Å². The lowest BCUT2D eigenvalue weighted by Crippen LogP contribution is -2.20. The molecule has 1 aromatic carbocycles. The molecule has 1 unspecified atom stereocenters. The van der Waals surface area contributed by atoms with Gasteiger partial charge in [0.1, 0.15) is 10.7 Å². The normalized spacial score (nSPS) is 13.8. The molecule has 0 saturated carbocycles. The van der Waals surface area contributed by atoms with Crippen molar-refractivity contribution >= 4 is 9.84 Å². The fourth-order valence-electron chi connectivity index (χ4n) is 1.16. The second-order valence-electron chi connectivity index (χ2n) is 3.26. The van der Waals surface area contributed by atoms with Gasteiger partial charge in [0.05, 0.1) is 11.9 Å². The highest BCUT2D eigenvalue weighted by molar-refractivity contribution is 7.91. The van der Waals surface area contributed by atoms with E-state index in [2.05, 4.69) is 0 Å². The van der Waals surface area contributed by atoms with Gasteiger partial charge >= 0.3 is 0 Å². The van der Waals surface area contributed by atoms with Gasteiger partial charge in [-0.2, -0.15) is 0 Å². The minimum atomic E-state index is -3.60. The maximum Gasteiger partial charge on any atom is 0.183 e. The number of halogens is 1. The smallest absolute Gasteiger partial charge is 0.183 e. The molecule has 1 aromatic rings. The second-order valence-corrected chi connectivity index (χ2v) is 5.26. The fraction of sp³-hybridized carbons (Fsp3) is 0.400. The van der Waals surface area contributed by atoms with Gasteiger partial charge in [-0.05, 0) is 19.1 Å². The van der Waals surface area contributed by atoms with Gasteiger partial charge in [0.2, 0.25) is 0 Å². The molecule has 0 fully saturated rings. The van der Waals surface area contributed by atoms with Crippen molar-refractivity contribution in [3.8, 4) is 0 Å². The van der Waals surface area contributed by atoms with Gasteiger partial charge in [-0.25, -0.2) is 12.8 Å². The largest absolute Gasteiger partial charge is 0.381 e. The molecule has 5 heteroatoms. The van der Waals surface area contributed by atoms with E-state index in [-0.39, 0.29) is 10.6 Å². The van der Waals surface area contributed by atoms with Crippen LogP contribution >= 0.6 is 0 Å². The quantitative estimate of drug-likeness (QED) is 0.792. The minimum Gasteiger partial charge on any atom is -0.381 e. The van der Waals surface area contributed by atoms with E-state index in [0.717, 1.165) is 6.07 Å².